The summed E-state index contributed by atoms with van der Waals surface area (Å²) in [7, 11) is 2.21. The Morgan fingerprint density at radius 3 is 3.00 bits per heavy atom. The van der Waals surface area contributed by atoms with E-state index >= 15 is 0 Å². The molecule has 0 spiro atoms. The van der Waals surface area contributed by atoms with Crippen molar-refractivity contribution in [2.45, 2.75) is 51.2 Å². The lowest BCUT2D eigenvalue weighted by molar-refractivity contribution is 0.270. The van der Waals surface area contributed by atoms with Gasteiger partial charge in [0.1, 0.15) is 0 Å². The second kappa shape index (κ2) is 6.75. The second-order valence-electron chi connectivity index (χ2n) is 6.47. The molecule has 1 aliphatic carbocycles. The maximum atomic E-state index is 4.48. The van der Waals surface area contributed by atoms with E-state index in [-0.39, 0.29) is 0 Å². The first-order valence-electron chi connectivity index (χ1n) is 8.39. The SMILES string of the molecule is CCN1CCCC1CN(C)c1ccnc(CNC2CC2)c1. The van der Waals surface area contributed by atoms with Crippen LogP contribution in [0.2, 0.25) is 0 Å². The highest BCUT2D eigenvalue weighted by molar-refractivity contribution is 5.46. The van der Waals surface area contributed by atoms with Gasteiger partial charge in [0, 0.05) is 44.1 Å². The van der Waals surface area contributed by atoms with Crippen molar-refractivity contribution in [3.05, 3.63) is 24.0 Å². The Kier molecular flexibility index (Phi) is 4.76. The van der Waals surface area contributed by atoms with E-state index in [9.17, 15) is 0 Å². The van der Waals surface area contributed by atoms with Crippen LogP contribution < -0.4 is 10.2 Å². The molecule has 3 rings (SSSR count). The van der Waals surface area contributed by atoms with E-state index in [1.165, 1.54) is 44.5 Å². The van der Waals surface area contributed by atoms with Crippen LogP contribution in [-0.4, -0.2) is 48.6 Å². The molecule has 2 aliphatic rings. The van der Waals surface area contributed by atoms with Crippen LogP contribution in [0.4, 0.5) is 5.69 Å². The Labute approximate surface area is 128 Å². The van der Waals surface area contributed by atoms with Gasteiger partial charge < -0.3 is 10.2 Å². The van der Waals surface area contributed by atoms with Crippen molar-refractivity contribution in [3.8, 4) is 0 Å². The summed E-state index contributed by atoms with van der Waals surface area (Å²) in [5, 5.41) is 3.54. The zero-order valence-electron chi connectivity index (χ0n) is 13.4. The van der Waals surface area contributed by atoms with Crippen LogP contribution in [0, 0.1) is 0 Å². The van der Waals surface area contributed by atoms with E-state index in [4.69, 9.17) is 0 Å². The fourth-order valence-electron chi connectivity index (χ4n) is 3.28. The summed E-state index contributed by atoms with van der Waals surface area (Å²) in [6.07, 6.45) is 7.28. The average molecular weight is 288 g/mol. The summed E-state index contributed by atoms with van der Waals surface area (Å²) in [5.41, 5.74) is 2.45. The van der Waals surface area contributed by atoms with Crippen LogP contribution in [0.15, 0.2) is 18.3 Å². The topological polar surface area (TPSA) is 31.4 Å². The molecule has 0 bridgehead atoms. The van der Waals surface area contributed by atoms with E-state index in [0.29, 0.717) is 6.04 Å². The first-order chi connectivity index (χ1) is 10.3. The zero-order chi connectivity index (χ0) is 14.7. The van der Waals surface area contributed by atoms with Crippen LogP contribution in [-0.2, 0) is 6.54 Å². The number of likely N-dealkylation sites (N-methyl/N-ethyl adjacent to an activating group) is 2. The number of nitrogens with zero attached hydrogens (tertiary/aromatic N) is 3. The molecule has 1 atom stereocenters. The molecule has 2 heterocycles. The molecule has 1 aliphatic heterocycles. The quantitative estimate of drug-likeness (QED) is 0.834. The molecule has 2 fully saturated rings. The first kappa shape index (κ1) is 14.8. The summed E-state index contributed by atoms with van der Waals surface area (Å²) in [5.74, 6) is 0. The first-order valence-corrected chi connectivity index (χ1v) is 8.39. The maximum Gasteiger partial charge on any atom is 0.0562 e. The van der Waals surface area contributed by atoms with E-state index in [2.05, 4.69) is 46.2 Å². The summed E-state index contributed by atoms with van der Waals surface area (Å²) in [6, 6.07) is 5.82. The normalized spacial score (nSPS) is 22.7. The van der Waals surface area contributed by atoms with Gasteiger partial charge in [0.15, 0.2) is 0 Å². The number of likely N-dealkylation sites (tertiary alicyclic amines) is 1. The fraction of sp³-hybridized carbons (Fsp3) is 0.706. The summed E-state index contributed by atoms with van der Waals surface area (Å²) in [4.78, 5) is 9.48. The summed E-state index contributed by atoms with van der Waals surface area (Å²) in [6.45, 7) is 6.73. The van der Waals surface area contributed by atoms with E-state index < -0.39 is 0 Å². The van der Waals surface area contributed by atoms with Crippen molar-refractivity contribution >= 4 is 5.69 Å². The Hall–Kier alpha value is -1.13. The van der Waals surface area contributed by atoms with Crippen LogP contribution in [0.25, 0.3) is 0 Å². The molecule has 4 nitrogen and oxygen atoms in total. The zero-order valence-corrected chi connectivity index (χ0v) is 13.4. The average Bonchev–Trinajstić information content (AvgIpc) is 3.24. The van der Waals surface area contributed by atoms with E-state index in [1.54, 1.807) is 0 Å². The van der Waals surface area contributed by atoms with Gasteiger partial charge in [-0.25, -0.2) is 0 Å². The third-order valence-electron chi connectivity index (χ3n) is 4.78. The van der Waals surface area contributed by atoms with Crippen LogP contribution in [0.1, 0.15) is 38.3 Å². The minimum absolute atomic E-state index is 0.709. The monoisotopic (exact) mass is 288 g/mol. The van der Waals surface area contributed by atoms with Gasteiger partial charge in [-0.05, 0) is 50.9 Å². The minimum Gasteiger partial charge on any atom is -0.373 e. The molecule has 0 aromatic carbocycles. The lowest BCUT2D eigenvalue weighted by Gasteiger charge is -2.29. The molecule has 1 N–H and O–H groups in total. The van der Waals surface area contributed by atoms with Crippen molar-refractivity contribution < 1.29 is 0 Å². The highest BCUT2D eigenvalue weighted by atomic mass is 15.2. The number of pyridine rings is 1. The predicted octanol–water partition coefficient (Wildman–Crippen LogP) is 2.25. The van der Waals surface area contributed by atoms with Gasteiger partial charge in [0.25, 0.3) is 0 Å². The molecule has 21 heavy (non-hydrogen) atoms. The summed E-state index contributed by atoms with van der Waals surface area (Å²) < 4.78 is 0. The maximum absolute atomic E-state index is 4.48. The highest BCUT2D eigenvalue weighted by Crippen LogP contribution is 2.22. The van der Waals surface area contributed by atoms with Crippen LogP contribution in [0.5, 0.6) is 0 Å². The van der Waals surface area contributed by atoms with Gasteiger partial charge >= 0.3 is 0 Å². The van der Waals surface area contributed by atoms with Crippen molar-refractivity contribution in [2.24, 2.45) is 0 Å². The van der Waals surface area contributed by atoms with Crippen molar-refractivity contribution in [1.82, 2.24) is 15.2 Å². The number of hydrogen-bond donors (Lipinski definition) is 1. The molecular weight excluding hydrogens is 260 g/mol. The number of hydrogen-bond acceptors (Lipinski definition) is 4. The van der Waals surface area contributed by atoms with Crippen LogP contribution in [0.3, 0.4) is 0 Å². The Bertz CT molecular complexity index is 458. The van der Waals surface area contributed by atoms with Gasteiger partial charge in [-0.3, -0.25) is 9.88 Å². The number of nitrogens with one attached hydrogen (secondary N) is 1. The molecule has 4 heteroatoms. The van der Waals surface area contributed by atoms with E-state index in [1.807, 2.05) is 6.20 Å². The predicted molar refractivity (Wildman–Crippen MR) is 87.6 cm³/mol. The Balaban J connectivity index is 1.57. The van der Waals surface area contributed by atoms with Gasteiger partial charge in [-0.15, -0.1) is 0 Å². The van der Waals surface area contributed by atoms with Gasteiger partial charge in [0.05, 0.1) is 5.69 Å². The third kappa shape index (κ3) is 3.95. The molecular formula is C17H28N4. The summed E-state index contributed by atoms with van der Waals surface area (Å²) >= 11 is 0. The molecule has 1 aromatic heterocycles. The largest absolute Gasteiger partial charge is 0.373 e. The van der Waals surface area contributed by atoms with Gasteiger partial charge in [-0.2, -0.15) is 0 Å². The van der Waals surface area contributed by atoms with Crippen molar-refractivity contribution in [2.75, 3.05) is 31.6 Å². The van der Waals surface area contributed by atoms with Crippen molar-refractivity contribution in [1.29, 1.82) is 0 Å². The fourth-order valence-corrected chi connectivity index (χ4v) is 3.28. The Morgan fingerprint density at radius 1 is 1.38 bits per heavy atom. The lowest BCUT2D eigenvalue weighted by Crippen LogP contribution is -2.38. The minimum atomic E-state index is 0.709. The molecule has 1 aromatic rings. The Morgan fingerprint density at radius 2 is 2.24 bits per heavy atom. The molecule has 1 unspecified atom stereocenters. The van der Waals surface area contributed by atoms with E-state index in [0.717, 1.165) is 24.8 Å². The second-order valence-corrected chi connectivity index (χ2v) is 6.47. The van der Waals surface area contributed by atoms with Crippen molar-refractivity contribution in [3.63, 3.8) is 0 Å². The standard InChI is InChI=1S/C17H28N4/c1-3-21-10-4-5-17(21)13-20(2)16-8-9-18-15(11-16)12-19-14-6-7-14/h8-9,11,14,17,19H,3-7,10,12-13H2,1-2H3. The molecule has 0 amide bonds. The number of rotatable bonds is 7. The number of anilines is 1. The van der Waals surface area contributed by atoms with Gasteiger partial charge in [-0.1, -0.05) is 6.92 Å². The highest BCUT2D eigenvalue weighted by Gasteiger charge is 2.24. The third-order valence-corrected chi connectivity index (χ3v) is 4.78. The lowest BCUT2D eigenvalue weighted by atomic mass is 10.2. The molecule has 0 radical (unpaired) electrons. The van der Waals surface area contributed by atoms with Crippen LogP contribution >= 0.6 is 0 Å². The molecule has 1 saturated carbocycles. The molecule has 1 saturated heterocycles. The smallest absolute Gasteiger partial charge is 0.0562 e. The number of aromatic nitrogens is 1. The van der Waals surface area contributed by atoms with Gasteiger partial charge in [0.2, 0.25) is 0 Å². The molecule has 116 valence electrons.